The van der Waals surface area contributed by atoms with Crippen LogP contribution in [-0.2, 0) is 0 Å². The molecule has 7 heteroatoms. The molecule has 2 aliphatic rings. The van der Waals surface area contributed by atoms with Crippen molar-refractivity contribution in [2.75, 3.05) is 4.90 Å². The van der Waals surface area contributed by atoms with Gasteiger partial charge in [0.1, 0.15) is 0 Å². The molecule has 0 spiro atoms. The van der Waals surface area contributed by atoms with E-state index in [9.17, 15) is 9.59 Å². The minimum absolute atomic E-state index is 0.0513. The number of rotatable bonds is 2. The van der Waals surface area contributed by atoms with Gasteiger partial charge < -0.3 is 0 Å². The first kappa shape index (κ1) is 21.9. The van der Waals surface area contributed by atoms with Gasteiger partial charge in [-0.3, -0.25) is 0 Å². The molecule has 35 heavy (non-hydrogen) atoms. The normalized spacial score (nSPS) is 15.6. The Morgan fingerprint density at radius 3 is 2.49 bits per heavy atom. The predicted octanol–water partition coefficient (Wildman–Crippen LogP) is 4.51. The molecule has 0 saturated carbocycles. The number of carbonyl (C=O) groups excluding carboxylic acids is 2. The number of carbonyl (C=O) groups is 2. The molecule has 0 fully saturated rings. The number of hydrogen-bond acceptors (Lipinski definition) is 3. The number of ketones is 2. The van der Waals surface area contributed by atoms with Crippen LogP contribution in [0, 0.1) is 0 Å². The summed E-state index contributed by atoms with van der Waals surface area (Å²) in [6.07, 6.45) is 1.82. The molecule has 2 aromatic heterocycles. The SMILES string of the molecule is O=C1/C(=C\c2ccc(N3c4ccccc4[Se]c4cc(Cl)ccc43)[se]2)C(=O)c2cc3[se]ccc3cc21. The van der Waals surface area contributed by atoms with E-state index in [0.29, 0.717) is 11.1 Å². The van der Waals surface area contributed by atoms with E-state index < -0.39 is 0 Å². The third-order valence-electron chi connectivity index (χ3n) is 6.18. The number of hydrogen-bond donors (Lipinski definition) is 0. The number of halogens is 1. The summed E-state index contributed by atoms with van der Waals surface area (Å²) in [6.45, 7) is 0. The Morgan fingerprint density at radius 1 is 0.800 bits per heavy atom. The van der Waals surface area contributed by atoms with E-state index >= 15 is 0 Å². The Bertz CT molecular complexity index is 1690. The summed E-state index contributed by atoms with van der Waals surface area (Å²) in [7, 11) is 0. The molecule has 3 aromatic carbocycles. The van der Waals surface area contributed by atoms with Gasteiger partial charge in [-0.1, -0.05) is 0 Å². The summed E-state index contributed by atoms with van der Waals surface area (Å²) in [6, 6.07) is 24.7. The van der Waals surface area contributed by atoms with Crippen LogP contribution in [0.25, 0.3) is 15.7 Å². The molecule has 1 aliphatic heterocycles. The summed E-state index contributed by atoms with van der Waals surface area (Å²) >= 11 is 6.69. The van der Waals surface area contributed by atoms with Crippen molar-refractivity contribution in [3.63, 3.8) is 0 Å². The standard InChI is InChI=1S/C28H14ClNO2Se3/c29-16-5-7-22-25(12-16)35-23-4-2-1-3-21(23)30(22)26-8-6-17(34-26)13-20-27(31)18-11-15-9-10-33-24(15)14-19(18)28(20)32/h1-14H/b20-13+. The van der Waals surface area contributed by atoms with Gasteiger partial charge in [-0.05, 0) is 0 Å². The molecular weight excluding hydrogens is 655 g/mol. The van der Waals surface area contributed by atoms with E-state index in [-0.39, 0.29) is 61.1 Å². The van der Waals surface area contributed by atoms with Crippen molar-refractivity contribution in [1.82, 2.24) is 0 Å². The van der Waals surface area contributed by atoms with Crippen LogP contribution in [0.3, 0.4) is 0 Å². The minimum atomic E-state index is -0.156. The van der Waals surface area contributed by atoms with Crippen LogP contribution in [0.5, 0.6) is 0 Å². The van der Waals surface area contributed by atoms with Gasteiger partial charge in [-0.2, -0.15) is 0 Å². The molecule has 0 radical (unpaired) electrons. The van der Waals surface area contributed by atoms with Gasteiger partial charge in [-0.25, -0.2) is 0 Å². The van der Waals surface area contributed by atoms with Crippen molar-refractivity contribution in [3.8, 4) is 0 Å². The van der Waals surface area contributed by atoms with Gasteiger partial charge >= 0.3 is 226 Å². The van der Waals surface area contributed by atoms with Crippen LogP contribution >= 0.6 is 11.6 Å². The molecule has 7 rings (SSSR count). The third-order valence-corrected chi connectivity index (χ3v) is 12.7. The van der Waals surface area contributed by atoms with Crippen LogP contribution in [0.1, 0.15) is 25.2 Å². The van der Waals surface area contributed by atoms with Crippen LogP contribution < -0.4 is 13.8 Å². The molecule has 0 saturated heterocycles. The van der Waals surface area contributed by atoms with E-state index in [1.54, 1.807) is 0 Å². The van der Waals surface area contributed by atoms with Crippen molar-refractivity contribution >= 4 is 108 Å². The van der Waals surface area contributed by atoms with Crippen molar-refractivity contribution in [1.29, 1.82) is 0 Å². The molecule has 3 nitrogen and oxygen atoms in total. The third kappa shape index (κ3) is 3.53. The predicted molar refractivity (Wildman–Crippen MR) is 146 cm³/mol. The summed E-state index contributed by atoms with van der Waals surface area (Å²) in [5.41, 5.74) is 3.75. The second kappa shape index (κ2) is 8.33. The molecule has 0 amide bonds. The summed E-state index contributed by atoms with van der Waals surface area (Å²) in [5, 5.41) is 1.82. The number of para-hydroxylation sites is 1. The van der Waals surface area contributed by atoms with Gasteiger partial charge in [0.2, 0.25) is 0 Å². The fourth-order valence-electron chi connectivity index (χ4n) is 4.56. The van der Waals surface area contributed by atoms with E-state index in [4.69, 9.17) is 11.6 Å². The first-order chi connectivity index (χ1) is 17.1. The maximum absolute atomic E-state index is 13.2. The molecule has 5 aromatic rings. The summed E-state index contributed by atoms with van der Waals surface area (Å²) < 4.78 is 5.96. The van der Waals surface area contributed by atoms with Crippen LogP contribution in [0.15, 0.2) is 83.3 Å². The summed E-state index contributed by atoms with van der Waals surface area (Å²) in [5.74, 6) is -0.302. The molecule has 3 heterocycles. The van der Waals surface area contributed by atoms with Gasteiger partial charge in [0.05, 0.1) is 0 Å². The number of fused-ring (bicyclic) bond motifs is 4. The number of Topliss-reactive ketones (excluding diaryl/α,β-unsaturated/α-hetero) is 2. The Morgan fingerprint density at radius 2 is 1.60 bits per heavy atom. The van der Waals surface area contributed by atoms with Crippen molar-refractivity contribution in [2.45, 2.75) is 0 Å². The monoisotopic (exact) mass is 671 g/mol. The Kier molecular flexibility index (Phi) is 5.20. The van der Waals surface area contributed by atoms with E-state index in [0.717, 1.165) is 20.5 Å². The van der Waals surface area contributed by atoms with E-state index in [2.05, 4.69) is 64.4 Å². The maximum atomic E-state index is 13.2. The Labute approximate surface area is 224 Å². The first-order valence-electron chi connectivity index (χ1n) is 10.9. The quantitative estimate of drug-likeness (QED) is 0.155. The zero-order valence-electron chi connectivity index (χ0n) is 17.9. The Balaban J connectivity index is 1.30. The second-order valence-electron chi connectivity index (χ2n) is 8.27. The molecular formula is C28H14ClNO2Se3. The first-order valence-corrected chi connectivity index (χ1v) is 16.5. The molecule has 1 aliphatic carbocycles. The molecule has 0 bridgehead atoms. The summed E-state index contributed by atoms with van der Waals surface area (Å²) in [4.78, 5) is 30.8. The zero-order chi connectivity index (χ0) is 23.7. The van der Waals surface area contributed by atoms with Crippen molar-refractivity contribution < 1.29 is 9.59 Å². The van der Waals surface area contributed by atoms with E-state index in [1.807, 2.05) is 24.3 Å². The van der Waals surface area contributed by atoms with Crippen LogP contribution in [0.4, 0.5) is 15.9 Å². The van der Waals surface area contributed by atoms with Gasteiger partial charge in [0.25, 0.3) is 0 Å². The average molecular weight is 669 g/mol. The Hall–Kier alpha value is -2.39. The average Bonchev–Trinajstić information content (AvgIpc) is 3.57. The zero-order valence-corrected chi connectivity index (χ0v) is 23.8. The molecule has 0 unspecified atom stereocenters. The fraction of sp³-hybridized carbons (Fsp3) is 0. The number of allylic oxidation sites excluding steroid dienone is 1. The second-order valence-corrected chi connectivity index (χ2v) is 15.3. The van der Waals surface area contributed by atoms with Crippen LogP contribution in [0.2, 0.25) is 5.02 Å². The molecule has 0 atom stereocenters. The van der Waals surface area contributed by atoms with Crippen molar-refractivity contribution in [2.24, 2.45) is 0 Å². The van der Waals surface area contributed by atoms with Gasteiger partial charge in [0.15, 0.2) is 0 Å². The van der Waals surface area contributed by atoms with E-state index in [1.165, 1.54) is 23.4 Å². The van der Waals surface area contributed by atoms with Crippen molar-refractivity contribution in [3.05, 3.63) is 104 Å². The fourth-order valence-corrected chi connectivity index (χ4v) is 10.9. The topological polar surface area (TPSA) is 37.4 Å². The number of nitrogens with zero attached hydrogens (tertiary/aromatic N) is 1. The number of benzene rings is 3. The van der Waals surface area contributed by atoms with Crippen LogP contribution in [-0.4, -0.2) is 55.5 Å². The molecule has 0 N–H and O–H groups in total. The van der Waals surface area contributed by atoms with Gasteiger partial charge in [0, 0.05) is 0 Å². The number of anilines is 3. The van der Waals surface area contributed by atoms with Gasteiger partial charge in [-0.15, -0.1) is 0 Å². The molecule has 168 valence electrons.